The van der Waals surface area contributed by atoms with E-state index >= 15 is 0 Å². The molecule has 1 fully saturated rings. The maximum Gasteiger partial charge on any atom is 0.261 e. The molecule has 0 spiro atoms. The number of carbonyl (C=O) groups is 2. The van der Waals surface area contributed by atoms with Crippen LogP contribution in [0.1, 0.15) is 23.2 Å². The van der Waals surface area contributed by atoms with Gasteiger partial charge in [-0.2, -0.15) is 0 Å². The van der Waals surface area contributed by atoms with Crippen molar-refractivity contribution in [2.24, 2.45) is 5.92 Å². The number of carbonyl (C=O) groups excluding carboxylic acids is 2. The van der Waals surface area contributed by atoms with E-state index < -0.39 is 10.0 Å². The van der Waals surface area contributed by atoms with Gasteiger partial charge in [0.1, 0.15) is 0 Å². The van der Waals surface area contributed by atoms with Gasteiger partial charge in [0.15, 0.2) is 0 Å². The van der Waals surface area contributed by atoms with E-state index in [9.17, 15) is 18.0 Å². The third kappa shape index (κ3) is 5.16. The first-order valence-electron chi connectivity index (χ1n) is 9.19. The fraction of sp³-hybridized carbons (Fsp3) is 0.300. The van der Waals surface area contributed by atoms with Crippen LogP contribution in [-0.4, -0.2) is 45.3 Å². The molecule has 0 radical (unpaired) electrons. The second kappa shape index (κ2) is 8.96. The Morgan fingerprint density at radius 2 is 1.72 bits per heavy atom. The van der Waals surface area contributed by atoms with Gasteiger partial charge in [0, 0.05) is 41.8 Å². The highest BCUT2D eigenvalue weighted by Gasteiger charge is 2.27. The van der Waals surface area contributed by atoms with Crippen molar-refractivity contribution in [1.82, 2.24) is 10.2 Å². The normalized spacial score (nSPS) is 15.0. The predicted octanol–water partition coefficient (Wildman–Crippen LogP) is 2.85. The summed E-state index contributed by atoms with van der Waals surface area (Å²) in [7, 11) is -2.15. The summed E-state index contributed by atoms with van der Waals surface area (Å²) in [5.41, 5.74) is 0.721. The second-order valence-corrected chi connectivity index (χ2v) is 9.42. The van der Waals surface area contributed by atoms with E-state index in [4.69, 9.17) is 0 Å². The van der Waals surface area contributed by atoms with Gasteiger partial charge in [-0.1, -0.05) is 22.0 Å². The fourth-order valence-corrected chi connectivity index (χ4v) is 4.59. The number of hydrogen-bond acceptors (Lipinski definition) is 4. The average molecular weight is 480 g/mol. The molecule has 9 heteroatoms. The molecule has 0 aliphatic carbocycles. The van der Waals surface area contributed by atoms with E-state index in [1.54, 1.807) is 42.3 Å². The monoisotopic (exact) mass is 479 g/mol. The number of halogens is 1. The summed E-state index contributed by atoms with van der Waals surface area (Å²) in [5.74, 6) is -0.250. The van der Waals surface area contributed by atoms with Gasteiger partial charge in [0.2, 0.25) is 5.91 Å². The van der Waals surface area contributed by atoms with Gasteiger partial charge in [-0.3, -0.25) is 14.3 Å². The number of nitrogens with one attached hydrogen (secondary N) is 2. The highest BCUT2D eigenvalue weighted by atomic mass is 79.9. The second-order valence-electron chi connectivity index (χ2n) is 6.82. The van der Waals surface area contributed by atoms with Gasteiger partial charge >= 0.3 is 0 Å². The largest absolute Gasteiger partial charge is 0.359 e. The molecule has 3 rings (SSSR count). The molecule has 154 valence electrons. The summed E-state index contributed by atoms with van der Waals surface area (Å²) >= 11 is 3.28. The lowest BCUT2D eigenvalue weighted by atomic mass is 9.95. The molecule has 1 aliphatic heterocycles. The molecule has 7 nitrogen and oxygen atoms in total. The Bertz CT molecular complexity index is 1000. The molecule has 2 N–H and O–H groups in total. The number of sulfonamides is 1. The van der Waals surface area contributed by atoms with Crippen LogP contribution in [0, 0.1) is 5.92 Å². The molecule has 2 amide bonds. The van der Waals surface area contributed by atoms with Crippen LogP contribution in [0.15, 0.2) is 57.9 Å². The maximum absolute atomic E-state index is 12.8. The molecule has 0 bridgehead atoms. The average Bonchev–Trinajstić information content (AvgIpc) is 2.73. The van der Waals surface area contributed by atoms with Crippen molar-refractivity contribution in [1.29, 1.82) is 0 Å². The van der Waals surface area contributed by atoms with Crippen LogP contribution >= 0.6 is 15.9 Å². The number of likely N-dealkylation sites (tertiary alicyclic amines) is 1. The first-order chi connectivity index (χ1) is 13.8. The molecular formula is C20H22BrN3O4S. The van der Waals surface area contributed by atoms with Gasteiger partial charge in [-0.05, 0) is 55.3 Å². The van der Waals surface area contributed by atoms with Crippen molar-refractivity contribution in [2.75, 3.05) is 24.9 Å². The fourth-order valence-electron chi connectivity index (χ4n) is 3.28. The Balaban J connectivity index is 1.70. The van der Waals surface area contributed by atoms with E-state index in [2.05, 4.69) is 26.0 Å². The SMILES string of the molecule is CNC(=O)C1CCN(C(=O)c2cccc(NS(=O)(=O)c3ccc(Br)cc3)c2)CC1. The number of hydrogen-bond donors (Lipinski definition) is 2. The molecule has 0 saturated carbocycles. The molecule has 2 aromatic carbocycles. The lowest BCUT2D eigenvalue weighted by Crippen LogP contribution is -2.42. The topological polar surface area (TPSA) is 95.6 Å². The molecule has 1 heterocycles. The van der Waals surface area contributed by atoms with Crippen molar-refractivity contribution < 1.29 is 18.0 Å². The number of anilines is 1. The molecule has 0 unspecified atom stereocenters. The van der Waals surface area contributed by atoms with E-state index in [1.807, 2.05) is 0 Å². The van der Waals surface area contributed by atoms with Crippen molar-refractivity contribution in [2.45, 2.75) is 17.7 Å². The summed E-state index contributed by atoms with van der Waals surface area (Å²) in [4.78, 5) is 26.4. The van der Waals surface area contributed by atoms with Crippen molar-refractivity contribution in [3.8, 4) is 0 Å². The summed E-state index contributed by atoms with van der Waals surface area (Å²) < 4.78 is 28.4. The smallest absolute Gasteiger partial charge is 0.261 e. The van der Waals surface area contributed by atoms with Crippen LogP contribution in [0.3, 0.4) is 0 Å². The lowest BCUT2D eigenvalue weighted by molar-refractivity contribution is -0.125. The third-order valence-electron chi connectivity index (χ3n) is 4.89. The number of amides is 2. The van der Waals surface area contributed by atoms with Gasteiger partial charge in [-0.15, -0.1) is 0 Å². The van der Waals surface area contributed by atoms with E-state index in [-0.39, 0.29) is 22.6 Å². The molecule has 0 atom stereocenters. The summed E-state index contributed by atoms with van der Waals surface area (Å²) in [6.45, 7) is 0.984. The highest BCUT2D eigenvalue weighted by Crippen LogP contribution is 2.22. The number of rotatable bonds is 5. The number of benzene rings is 2. The minimum Gasteiger partial charge on any atom is -0.359 e. The van der Waals surface area contributed by atoms with E-state index in [0.717, 1.165) is 4.47 Å². The minimum absolute atomic E-state index is 0.00134. The highest BCUT2D eigenvalue weighted by molar-refractivity contribution is 9.10. The summed E-state index contributed by atoms with van der Waals surface area (Å²) in [6, 6.07) is 12.7. The zero-order valence-electron chi connectivity index (χ0n) is 15.9. The molecule has 2 aromatic rings. The Hall–Kier alpha value is -2.39. The van der Waals surface area contributed by atoms with Crippen LogP contribution in [0.25, 0.3) is 0 Å². The Labute approximate surface area is 178 Å². The van der Waals surface area contributed by atoms with Crippen LogP contribution in [-0.2, 0) is 14.8 Å². The van der Waals surface area contributed by atoms with Crippen molar-refractivity contribution in [3.05, 3.63) is 58.6 Å². The zero-order chi connectivity index (χ0) is 21.0. The standard InChI is InChI=1S/C20H22BrN3O4S/c1-22-19(25)14-9-11-24(12-10-14)20(26)15-3-2-4-17(13-15)23-29(27,28)18-7-5-16(21)6-8-18/h2-8,13-14,23H,9-12H2,1H3,(H,22,25). The van der Waals surface area contributed by atoms with Crippen LogP contribution < -0.4 is 10.0 Å². The molecule has 29 heavy (non-hydrogen) atoms. The Morgan fingerprint density at radius 3 is 2.34 bits per heavy atom. The first-order valence-corrected chi connectivity index (χ1v) is 11.5. The molecule has 1 aliphatic rings. The van der Waals surface area contributed by atoms with Gasteiger partial charge in [0.25, 0.3) is 15.9 Å². The number of nitrogens with zero attached hydrogens (tertiary/aromatic N) is 1. The quantitative estimate of drug-likeness (QED) is 0.688. The third-order valence-corrected chi connectivity index (χ3v) is 6.81. The molecule has 1 saturated heterocycles. The zero-order valence-corrected chi connectivity index (χ0v) is 18.3. The lowest BCUT2D eigenvalue weighted by Gasteiger charge is -2.31. The summed E-state index contributed by atoms with van der Waals surface area (Å²) in [6.07, 6.45) is 1.22. The van der Waals surface area contributed by atoms with Gasteiger partial charge in [-0.25, -0.2) is 8.42 Å². The number of piperidine rings is 1. The van der Waals surface area contributed by atoms with Crippen molar-refractivity contribution >= 4 is 43.5 Å². The van der Waals surface area contributed by atoms with Gasteiger partial charge in [0.05, 0.1) is 4.90 Å². The molecular weight excluding hydrogens is 458 g/mol. The van der Waals surface area contributed by atoms with Crippen LogP contribution in [0.4, 0.5) is 5.69 Å². The van der Waals surface area contributed by atoms with E-state index in [1.165, 1.54) is 18.2 Å². The Morgan fingerprint density at radius 1 is 1.07 bits per heavy atom. The Kier molecular flexibility index (Phi) is 6.59. The minimum atomic E-state index is -3.76. The van der Waals surface area contributed by atoms with Crippen LogP contribution in [0.2, 0.25) is 0 Å². The molecule has 0 aromatic heterocycles. The van der Waals surface area contributed by atoms with Crippen molar-refractivity contribution in [3.63, 3.8) is 0 Å². The summed E-state index contributed by atoms with van der Waals surface area (Å²) in [5, 5.41) is 2.65. The van der Waals surface area contributed by atoms with Crippen LogP contribution in [0.5, 0.6) is 0 Å². The van der Waals surface area contributed by atoms with E-state index in [0.29, 0.717) is 37.2 Å². The maximum atomic E-state index is 12.8. The predicted molar refractivity (Wildman–Crippen MR) is 114 cm³/mol. The first kappa shape index (κ1) is 21.3. The van der Waals surface area contributed by atoms with Gasteiger partial charge < -0.3 is 10.2 Å².